The van der Waals surface area contributed by atoms with Crippen molar-refractivity contribution in [2.75, 3.05) is 21.3 Å². The van der Waals surface area contributed by atoms with E-state index in [-0.39, 0.29) is 24.0 Å². The average Bonchev–Trinajstić information content (AvgIpc) is 2.74. The lowest BCUT2D eigenvalue weighted by Crippen LogP contribution is -2.65. The number of hydrogen-bond acceptors (Lipinski definition) is 5. The molecule has 0 saturated heterocycles. The van der Waals surface area contributed by atoms with Crippen LogP contribution in [0.5, 0.6) is 11.5 Å². The lowest BCUT2D eigenvalue weighted by molar-refractivity contribution is -0.274. The van der Waals surface area contributed by atoms with Gasteiger partial charge in [-0.3, -0.25) is 4.79 Å². The maximum absolute atomic E-state index is 13.1. The van der Waals surface area contributed by atoms with E-state index in [1.807, 2.05) is 12.1 Å². The van der Waals surface area contributed by atoms with Gasteiger partial charge >= 0.3 is 0 Å². The van der Waals surface area contributed by atoms with Crippen LogP contribution >= 0.6 is 0 Å². The molecule has 152 valence electrons. The van der Waals surface area contributed by atoms with Gasteiger partial charge in [0.05, 0.1) is 13.0 Å². The van der Waals surface area contributed by atoms with Crippen molar-refractivity contribution < 1.29 is 23.7 Å². The minimum Gasteiger partial charge on any atom is -0.497 e. The molecule has 4 rings (SSSR count). The van der Waals surface area contributed by atoms with E-state index in [0.717, 1.165) is 35.5 Å². The third-order valence-electron chi connectivity index (χ3n) is 7.07. The van der Waals surface area contributed by atoms with Crippen LogP contribution in [0.3, 0.4) is 0 Å². The van der Waals surface area contributed by atoms with Crippen LogP contribution in [0.15, 0.2) is 29.8 Å². The maximum atomic E-state index is 13.1. The van der Waals surface area contributed by atoms with Crippen LogP contribution in [0.4, 0.5) is 0 Å². The van der Waals surface area contributed by atoms with Crippen LogP contribution in [0, 0.1) is 17.8 Å². The summed E-state index contributed by atoms with van der Waals surface area (Å²) in [5, 5.41) is 0. The summed E-state index contributed by atoms with van der Waals surface area (Å²) in [6, 6.07) is 5.94. The fourth-order valence-corrected chi connectivity index (χ4v) is 5.77. The van der Waals surface area contributed by atoms with Crippen LogP contribution in [0.1, 0.15) is 44.6 Å². The van der Waals surface area contributed by atoms with Crippen molar-refractivity contribution in [2.45, 2.75) is 50.9 Å². The predicted molar refractivity (Wildman–Crippen MR) is 106 cm³/mol. The lowest BCUT2D eigenvalue weighted by atomic mass is 9.56. The van der Waals surface area contributed by atoms with E-state index in [9.17, 15) is 4.79 Å². The van der Waals surface area contributed by atoms with Crippen LogP contribution in [0.2, 0.25) is 0 Å². The van der Waals surface area contributed by atoms with E-state index in [4.69, 9.17) is 18.9 Å². The number of rotatable bonds is 5. The Morgan fingerprint density at radius 1 is 1.18 bits per heavy atom. The second kappa shape index (κ2) is 7.20. The Kier molecular flexibility index (Phi) is 5.00. The predicted octanol–water partition coefficient (Wildman–Crippen LogP) is 4.11. The number of carbonyl (C=O) groups is 1. The average molecular weight is 386 g/mol. The van der Waals surface area contributed by atoms with Gasteiger partial charge in [0.15, 0.2) is 5.78 Å². The molecular weight excluding hydrogens is 356 g/mol. The third-order valence-corrected chi connectivity index (χ3v) is 7.07. The van der Waals surface area contributed by atoms with Gasteiger partial charge < -0.3 is 18.9 Å². The topological polar surface area (TPSA) is 54.0 Å². The molecule has 0 amide bonds. The molecule has 1 aromatic carbocycles. The zero-order valence-electron chi connectivity index (χ0n) is 17.4. The molecule has 0 bridgehead atoms. The van der Waals surface area contributed by atoms with Crippen molar-refractivity contribution in [2.24, 2.45) is 17.8 Å². The molecule has 1 fully saturated rings. The highest BCUT2D eigenvalue weighted by molar-refractivity contribution is 5.98. The van der Waals surface area contributed by atoms with Gasteiger partial charge in [-0.25, -0.2) is 0 Å². The van der Waals surface area contributed by atoms with Gasteiger partial charge in [-0.1, -0.05) is 26.3 Å². The molecule has 28 heavy (non-hydrogen) atoms. The number of methoxy groups -OCH3 is 3. The third kappa shape index (κ3) is 2.56. The molecule has 0 radical (unpaired) electrons. The Hall–Kier alpha value is -1.85. The zero-order valence-corrected chi connectivity index (χ0v) is 17.4. The van der Waals surface area contributed by atoms with E-state index < -0.39 is 11.9 Å². The quantitative estimate of drug-likeness (QED) is 0.762. The van der Waals surface area contributed by atoms with Crippen molar-refractivity contribution >= 4 is 5.78 Å². The van der Waals surface area contributed by atoms with Crippen LogP contribution < -0.4 is 9.47 Å². The standard InChI is InChI=1S/C23H30O5/c1-6-13-10-16-18(24)12-20(26-4)23(27-5)22(16)21(15(13)7-2)17-11-14(25-3)8-9-19(17)28-23/h8-11,13,15,20-22H,6-7,12H2,1-5H3/t13-,15+,20-,21+,22+,23+/m0/s1. The van der Waals surface area contributed by atoms with E-state index in [1.165, 1.54) is 0 Å². The van der Waals surface area contributed by atoms with Crippen molar-refractivity contribution in [1.82, 2.24) is 0 Å². The number of fused-ring (bicyclic) bond motifs is 2. The monoisotopic (exact) mass is 386 g/mol. The SMILES string of the molecule is CC[C@H]1[C@@H]2c3cc(OC)ccc3O[C@]3(OC)[C@@H](OC)CC(=O)C(=C[C@@H]1CC)[C@H]23. The second-order valence-electron chi connectivity index (χ2n) is 8.05. The number of ether oxygens (including phenoxy) is 4. The smallest absolute Gasteiger partial charge is 0.244 e. The first kappa shape index (κ1) is 19.5. The Morgan fingerprint density at radius 3 is 2.57 bits per heavy atom. The molecular formula is C23H30O5. The normalized spacial score (nSPS) is 36.1. The number of benzene rings is 1. The number of hydrogen-bond donors (Lipinski definition) is 0. The molecule has 0 unspecified atom stereocenters. The Labute approximate surface area is 167 Å². The highest BCUT2D eigenvalue weighted by Crippen LogP contribution is 2.60. The number of carbonyl (C=O) groups excluding carboxylic acids is 1. The molecule has 1 aromatic rings. The Bertz CT molecular complexity index is 800. The molecule has 6 atom stereocenters. The van der Waals surface area contributed by atoms with Gasteiger partial charge in [0.25, 0.3) is 0 Å². The summed E-state index contributed by atoms with van der Waals surface area (Å²) in [4.78, 5) is 13.1. The summed E-state index contributed by atoms with van der Waals surface area (Å²) >= 11 is 0. The molecule has 0 N–H and O–H groups in total. The first-order chi connectivity index (χ1) is 13.5. The number of allylic oxidation sites excluding steroid dienone is 1. The number of Topliss-reactive ketones (excluding diaryl/α,β-unsaturated/α-hetero) is 1. The molecule has 1 saturated carbocycles. The van der Waals surface area contributed by atoms with E-state index in [0.29, 0.717) is 11.8 Å². The Morgan fingerprint density at radius 2 is 1.96 bits per heavy atom. The minimum atomic E-state index is -0.993. The van der Waals surface area contributed by atoms with Crippen molar-refractivity contribution in [3.05, 3.63) is 35.4 Å². The summed E-state index contributed by atoms with van der Waals surface area (Å²) in [6.07, 6.45) is 4.06. The van der Waals surface area contributed by atoms with Crippen LogP contribution in [0.25, 0.3) is 0 Å². The summed E-state index contributed by atoms with van der Waals surface area (Å²) in [6.45, 7) is 4.43. The molecule has 5 nitrogen and oxygen atoms in total. The van der Waals surface area contributed by atoms with Gasteiger partial charge in [0, 0.05) is 37.7 Å². The molecule has 1 heterocycles. The fraction of sp³-hybridized carbons (Fsp3) is 0.609. The molecule has 0 aromatic heterocycles. The first-order valence-corrected chi connectivity index (χ1v) is 10.2. The maximum Gasteiger partial charge on any atom is 0.244 e. The molecule has 1 aliphatic heterocycles. The van der Waals surface area contributed by atoms with Gasteiger partial charge in [-0.15, -0.1) is 0 Å². The highest BCUT2D eigenvalue weighted by atomic mass is 16.7. The molecule has 2 aliphatic carbocycles. The minimum absolute atomic E-state index is 0.121. The molecule has 0 spiro atoms. The fourth-order valence-electron chi connectivity index (χ4n) is 5.77. The molecule has 5 heteroatoms. The van der Waals surface area contributed by atoms with Crippen molar-refractivity contribution in [1.29, 1.82) is 0 Å². The van der Waals surface area contributed by atoms with E-state index in [2.05, 4.69) is 26.0 Å². The van der Waals surface area contributed by atoms with Crippen molar-refractivity contribution in [3.8, 4) is 11.5 Å². The summed E-state index contributed by atoms with van der Waals surface area (Å²) < 4.78 is 23.8. The van der Waals surface area contributed by atoms with Gasteiger partial charge in [-0.2, -0.15) is 0 Å². The first-order valence-electron chi connectivity index (χ1n) is 10.2. The van der Waals surface area contributed by atoms with Gasteiger partial charge in [0.1, 0.15) is 17.6 Å². The van der Waals surface area contributed by atoms with Gasteiger partial charge in [-0.05, 0) is 36.5 Å². The van der Waals surface area contributed by atoms with Crippen molar-refractivity contribution in [3.63, 3.8) is 0 Å². The second-order valence-corrected chi connectivity index (χ2v) is 8.05. The van der Waals surface area contributed by atoms with E-state index in [1.54, 1.807) is 21.3 Å². The summed E-state index contributed by atoms with van der Waals surface area (Å²) in [7, 11) is 4.97. The molecule has 3 aliphatic rings. The largest absolute Gasteiger partial charge is 0.497 e. The highest BCUT2D eigenvalue weighted by Gasteiger charge is 2.64. The van der Waals surface area contributed by atoms with E-state index >= 15 is 0 Å². The summed E-state index contributed by atoms with van der Waals surface area (Å²) in [5.41, 5.74) is 1.96. The summed E-state index contributed by atoms with van der Waals surface area (Å²) in [5.74, 6) is 1.45. The number of ketones is 1. The lowest BCUT2D eigenvalue weighted by Gasteiger charge is -2.57. The zero-order chi connectivity index (χ0) is 20.1. The van der Waals surface area contributed by atoms with Gasteiger partial charge in [0.2, 0.25) is 5.79 Å². The Balaban J connectivity index is 1.99. The van der Waals surface area contributed by atoms with Crippen LogP contribution in [-0.2, 0) is 14.3 Å². The van der Waals surface area contributed by atoms with Crippen LogP contribution in [-0.4, -0.2) is 39.0 Å².